The highest BCUT2D eigenvalue weighted by molar-refractivity contribution is 7.99. The molecule has 35 heavy (non-hydrogen) atoms. The molecule has 0 atom stereocenters. The average Bonchev–Trinajstić information content (AvgIpc) is 3.05. The second kappa shape index (κ2) is 24.7. The third-order valence-corrected chi connectivity index (χ3v) is 5.47. The van der Waals surface area contributed by atoms with Crippen LogP contribution in [0.2, 0.25) is 0 Å². The number of rotatable bonds is 7. The molecule has 0 aromatic carbocycles. The molecule has 2 N–H and O–H groups in total. The highest BCUT2D eigenvalue weighted by Crippen LogP contribution is 2.18. The summed E-state index contributed by atoms with van der Waals surface area (Å²) in [6.07, 6.45) is 17.5. The van der Waals surface area contributed by atoms with Crippen molar-refractivity contribution in [3.05, 3.63) is 59.9 Å². The molecule has 0 radical (unpaired) electrons. The van der Waals surface area contributed by atoms with E-state index < -0.39 is 0 Å². The molecule has 2 heterocycles. The first-order valence-corrected chi connectivity index (χ1v) is 13.9. The monoisotopic (exact) mass is 502 g/mol. The summed E-state index contributed by atoms with van der Waals surface area (Å²) >= 11 is 2.02. The number of nitrogens with zero attached hydrogens (tertiary/aromatic N) is 5. The van der Waals surface area contributed by atoms with Gasteiger partial charge in [-0.3, -0.25) is 9.89 Å². The number of thioether (sulfide) groups is 1. The van der Waals surface area contributed by atoms with Crippen molar-refractivity contribution in [1.82, 2.24) is 9.91 Å². The first-order chi connectivity index (χ1) is 17.0. The van der Waals surface area contributed by atoms with Gasteiger partial charge in [-0.1, -0.05) is 65.0 Å². The van der Waals surface area contributed by atoms with Crippen molar-refractivity contribution in [3.63, 3.8) is 0 Å². The van der Waals surface area contributed by atoms with Gasteiger partial charge in [-0.2, -0.15) is 16.9 Å². The summed E-state index contributed by atoms with van der Waals surface area (Å²) in [4.78, 5) is 11.0. The molecule has 0 bridgehead atoms. The van der Waals surface area contributed by atoms with E-state index in [1.807, 2.05) is 96.7 Å². The lowest BCUT2D eigenvalue weighted by molar-refractivity contribution is 0.344. The van der Waals surface area contributed by atoms with Crippen molar-refractivity contribution >= 4 is 30.4 Å². The average molecular weight is 503 g/mol. The highest BCUT2D eigenvalue weighted by atomic mass is 32.2. The first kappa shape index (κ1) is 34.8. The number of allylic oxidation sites excluding steroid dienone is 8. The highest BCUT2D eigenvalue weighted by Gasteiger charge is 2.18. The fourth-order valence-electron chi connectivity index (χ4n) is 2.67. The fraction of sp³-hybridized carbons (Fsp3) is 0.536. The Balaban J connectivity index is 0. The van der Waals surface area contributed by atoms with Gasteiger partial charge in [-0.05, 0) is 46.1 Å². The number of nitrogens with two attached hydrogens (primary N) is 1. The number of aliphatic imine (C=N–C) groups is 2. The van der Waals surface area contributed by atoms with E-state index in [9.17, 15) is 0 Å². The van der Waals surface area contributed by atoms with Crippen LogP contribution in [0.15, 0.2) is 75.0 Å². The molecular weight excluding hydrogens is 452 g/mol. The minimum absolute atomic E-state index is 0.620. The number of hydrazone groups is 1. The van der Waals surface area contributed by atoms with E-state index >= 15 is 0 Å². The molecule has 0 aromatic heterocycles. The molecule has 2 aliphatic rings. The molecule has 6 nitrogen and oxygen atoms in total. The second-order valence-corrected chi connectivity index (χ2v) is 8.14. The molecule has 0 spiro atoms. The Hall–Kier alpha value is -2.38. The molecule has 2 rings (SSSR count). The van der Waals surface area contributed by atoms with Gasteiger partial charge in [0.2, 0.25) is 0 Å². The Bertz CT molecular complexity index is 753. The maximum absolute atomic E-state index is 6.21. The van der Waals surface area contributed by atoms with Crippen molar-refractivity contribution in [2.24, 2.45) is 20.8 Å². The minimum Gasteiger partial charge on any atom is -0.384 e. The van der Waals surface area contributed by atoms with E-state index in [1.165, 1.54) is 11.5 Å². The molecule has 0 aliphatic carbocycles. The van der Waals surface area contributed by atoms with Crippen LogP contribution >= 0.6 is 11.8 Å². The Morgan fingerprint density at radius 1 is 1.14 bits per heavy atom. The summed E-state index contributed by atoms with van der Waals surface area (Å²) in [5, 5.41) is 6.07. The van der Waals surface area contributed by atoms with Crippen LogP contribution in [0.4, 0.5) is 0 Å². The standard InChI is InChI=1S/C19H29N5S.C5H9N.2C2H6/c1-3-5-6-7-8-9-19-22-17(16-23-12-14-25-15-13-23)10-11-18(20)24(19)21-4-2;1-4-5(2)6-3;2*1-2/h4-9,11H,3,10,12-16,20H2,1-2H3;4H,3H2,1-2H3;2*1-2H3/b6-5+,8-7+,19-9+,21-4-;5-4+;;. The van der Waals surface area contributed by atoms with Crippen LogP contribution < -0.4 is 5.73 Å². The summed E-state index contributed by atoms with van der Waals surface area (Å²) in [6.45, 7) is 22.3. The van der Waals surface area contributed by atoms with Crippen molar-refractivity contribution in [1.29, 1.82) is 0 Å². The molecule has 0 aromatic rings. The van der Waals surface area contributed by atoms with Crippen molar-refractivity contribution < 1.29 is 0 Å². The summed E-state index contributed by atoms with van der Waals surface area (Å²) in [5.41, 5.74) is 8.32. The molecule has 0 amide bonds. The zero-order chi connectivity index (χ0) is 26.9. The summed E-state index contributed by atoms with van der Waals surface area (Å²) in [6, 6.07) is 0. The Morgan fingerprint density at radius 3 is 2.31 bits per heavy atom. The van der Waals surface area contributed by atoms with Crippen LogP contribution in [0.25, 0.3) is 0 Å². The predicted molar refractivity (Wildman–Crippen MR) is 162 cm³/mol. The van der Waals surface area contributed by atoms with E-state index in [0.717, 1.165) is 49.7 Å². The topological polar surface area (TPSA) is 69.6 Å². The zero-order valence-corrected chi connectivity index (χ0v) is 24.3. The lowest BCUT2D eigenvalue weighted by Gasteiger charge is -2.26. The Kier molecular flexibility index (Phi) is 24.6. The lowest BCUT2D eigenvalue weighted by atomic mass is 10.2. The van der Waals surface area contributed by atoms with Gasteiger partial charge in [-0.15, -0.1) is 0 Å². The maximum Gasteiger partial charge on any atom is 0.155 e. The van der Waals surface area contributed by atoms with Crippen LogP contribution in [0.1, 0.15) is 68.2 Å². The van der Waals surface area contributed by atoms with Crippen LogP contribution in [0.3, 0.4) is 0 Å². The van der Waals surface area contributed by atoms with E-state index in [-0.39, 0.29) is 0 Å². The minimum atomic E-state index is 0.620. The Labute approximate surface area is 220 Å². The molecule has 1 saturated heterocycles. The third-order valence-electron chi connectivity index (χ3n) is 4.53. The summed E-state index contributed by atoms with van der Waals surface area (Å²) in [5.74, 6) is 3.78. The summed E-state index contributed by atoms with van der Waals surface area (Å²) < 4.78 is 0. The number of hydrogen-bond acceptors (Lipinski definition) is 7. The molecular formula is C28H50N6S. The van der Waals surface area contributed by atoms with Crippen molar-refractivity contribution in [2.75, 3.05) is 31.1 Å². The van der Waals surface area contributed by atoms with Crippen LogP contribution in [-0.4, -0.2) is 59.7 Å². The third kappa shape index (κ3) is 16.8. The van der Waals surface area contributed by atoms with Crippen LogP contribution in [0.5, 0.6) is 0 Å². The van der Waals surface area contributed by atoms with Gasteiger partial charge < -0.3 is 5.73 Å². The molecule has 0 saturated carbocycles. The van der Waals surface area contributed by atoms with Crippen LogP contribution in [0, 0.1) is 0 Å². The van der Waals surface area contributed by atoms with Gasteiger partial charge in [0.05, 0.1) is 0 Å². The van der Waals surface area contributed by atoms with Gasteiger partial charge in [0, 0.05) is 55.2 Å². The molecule has 7 heteroatoms. The molecule has 2 aliphatic heterocycles. The van der Waals surface area contributed by atoms with Gasteiger partial charge in [0.1, 0.15) is 5.82 Å². The van der Waals surface area contributed by atoms with E-state index in [4.69, 9.17) is 10.7 Å². The molecule has 198 valence electrons. The van der Waals surface area contributed by atoms with Gasteiger partial charge in [0.15, 0.2) is 5.82 Å². The van der Waals surface area contributed by atoms with E-state index in [0.29, 0.717) is 5.82 Å². The largest absolute Gasteiger partial charge is 0.384 e. The zero-order valence-electron chi connectivity index (χ0n) is 23.5. The van der Waals surface area contributed by atoms with Crippen molar-refractivity contribution in [2.45, 2.75) is 68.2 Å². The second-order valence-electron chi connectivity index (χ2n) is 6.92. The van der Waals surface area contributed by atoms with E-state index in [1.54, 1.807) is 11.2 Å². The predicted octanol–water partition coefficient (Wildman–Crippen LogP) is 7.01. The lowest BCUT2D eigenvalue weighted by Crippen LogP contribution is -2.36. The molecule has 0 unspecified atom stereocenters. The first-order valence-electron chi connectivity index (χ1n) is 12.8. The number of hydrogen-bond donors (Lipinski definition) is 1. The quantitative estimate of drug-likeness (QED) is 0.300. The Morgan fingerprint density at radius 2 is 1.80 bits per heavy atom. The van der Waals surface area contributed by atoms with Gasteiger partial charge in [0.25, 0.3) is 0 Å². The van der Waals surface area contributed by atoms with Crippen LogP contribution in [-0.2, 0) is 0 Å². The van der Waals surface area contributed by atoms with Gasteiger partial charge >= 0.3 is 0 Å². The van der Waals surface area contributed by atoms with Gasteiger partial charge in [-0.25, -0.2) is 10.0 Å². The normalized spacial score (nSPS) is 18.1. The fourth-order valence-corrected chi connectivity index (χ4v) is 3.65. The molecule has 1 fully saturated rings. The SMILES string of the molecule is C/C=N\N1C(N)=CCC(CN2CCSCC2)=N\C1=C/C=C/C=C/CC.C=N/C(C)=C/C.CC.CC. The smallest absolute Gasteiger partial charge is 0.155 e. The summed E-state index contributed by atoms with van der Waals surface area (Å²) in [7, 11) is 0. The van der Waals surface area contributed by atoms with E-state index in [2.05, 4.69) is 34.7 Å². The van der Waals surface area contributed by atoms with Crippen molar-refractivity contribution in [3.8, 4) is 0 Å². The maximum atomic E-state index is 6.21.